The molecule has 0 aliphatic carbocycles. The Hall–Kier alpha value is -1.86. The second-order valence-electron chi connectivity index (χ2n) is 5.31. The number of fused-ring (bicyclic) bond motifs is 1. The Bertz CT molecular complexity index is 855. The first-order valence-corrected chi connectivity index (χ1v) is 9.21. The third-order valence-corrected chi connectivity index (χ3v) is 5.32. The van der Waals surface area contributed by atoms with E-state index in [0.29, 0.717) is 0 Å². The zero-order valence-electron chi connectivity index (χ0n) is 13.2. The molecule has 0 radical (unpaired) electrons. The number of benzene rings is 1. The van der Waals surface area contributed by atoms with Gasteiger partial charge in [0.25, 0.3) is 0 Å². The molecule has 126 valence electrons. The largest absolute Gasteiger partial charge is 0.361 e. The Kier molecular flexibility index (Phi) is 5.52. The summed E-state index contributed by atoms with van der Waals surface area (Å²) in [6.07, 6.45) is 2.77. The molecule has 2 heterocycles. The number of nitrogens with zero attached hydrogens (tertiary/aromatic N) is 1. The van der Waals surface area contributed by atoms with Crippen LogP contribution in [0, 0.1) is 5.82 Å². The highest BCUT2D eigenvalue weighted by Gasteiger charge is 2.05. The van der Waals surface area contributed by atoms with Gasteiger partial charge in [0.1, 0.15) is 5.82 Å². The van der Waals surface area contributed by atoms with Crippen LogP contribution in [0.1, 0.15) is 10.4 Å². The lowest BCUT2D eigenvalue weighted by Crippen LogP contribution is -2.37. The number of guanidine groups is 1. The van der Waals surface area contributed by atoms with E-state index in [1.54, 1.807) is 18.4 Å². The Morgan fingerprint density at radius 1 is 1.29 bits per heavy atom. The van der Waals surface area contributed by atoms with Gasteiger partial charge in [-0.15, -0.1) is 11.3 Å². The van der Waals surface area contributed by atoms with E-state index in [-0.39, 0.29) is 5.82 Å². The van der Waals surface area contributed by atoms with Crippen molar-refractivity contribution in [2.24, 2.45) is 4.99 Å². The number of hydrogen-bond acceptors (Lipinski definition) is 2. The van der Waals surface area contributed by atoms with Crippen molar-refractivity contribution in [1.29, 1.82) is 0 Å². The Morgan fingerprint density at radius 3 is 2.92 bits per heavy atom. The highest BCUT2D eigenvalue weighted by atomic mass is 79.9. The second-order valence-corrected chi connectivity index (χ2v) is 7.86. The van der Waals surface area contributed by atoms with E-state index < -0.39 is 0 Å². The number of H-pyrrole nitrogens is 1. The fourth-order valence-electron chi connectivity index (χ4n) is 2.52. The van der Waals surface area contributed by atoms with Crippen molar-refractivity contribution in [3.63, 3.8) is 0 Å². The van der Waals surface area contributed by atoms with Crippen molar-refractivity contribution in [3.8, 4) is 0 Å². The minimum Gasteiger partial charge on any atom is -0.361 e. The quantitative estimate of drug-likeness (QED) is 0.440. The van der Waals surface area contributed by atoms with Gasteiger partial charge in [0.15, 0.2) is 5.96 Å². The van der Waals surface area contributed by atoms with E-state index in [1.807, 2.05) is 18.3 Å². The van der Waals surface area contributed by atoms with Crippen molar-refractivity contribution in [3.05, 3.63) is 56.6 Å². The molecule has 0 aliphatic rings. The molecule has 4 nitrogen and oxygen atoms in total. The molecule has 3 N–H and O–H groups in total. The van der Waals surface area contributed by atoms with Crippen LogP contribution in [0.5, 0.6) is 0 Å². The summed E-state index contributed by atoms with van der Waals surface area (Å²) in [6.45, 7) is 1.49. The summed E-state index contributed by atoms with van der Waals surface area (Å²) in [5.74, 6) is 0.546. The second kappa shape index (κ2) is 7.81. The number of thiophene rings is 1. The van der Waals surface area contributed by atoms with Gasteiger partial charge in [-0.05, 0) is 58.2 Å². The molecule has 0 saturated heterocycles. The minimum atomic E-state index is -0.223. The molecule has 0 bridgehead atoms. The number of rotatable bonds is 5. The molecule has 3 rings (SSSR count). The molecular formula is C17H18BrFN4S. The molecule has 0 fully saturated rings. The highest BCUT2D eigenvalue weighted by molar-refractivity contribution is 9.11. The van der Waals surface area contributed by atoms with Crippen LogP contribution in [-0.4, -0.2) is 24.5 Å². The lowest BCUT2D eigenvalue weighted by atomic mass is 10.1. The van der Waals surface area contributed by atoms with Gasteiger partial charge in [-0.2, -0.15) is 0 Å². The summed E-state index contributed by atoms with van der Waals surface area (Å²) in [4.78, 5) is 8.59. The predicted octanol–water partition coefficient (Wildman–Crippen LogP) is 4.04. The van der Waals surface area contributed by atoms with Crippen LogP contribution in [0.3, 0.4) is 0 Å². The topological polar surface area (TPSA) is 52.2 Å². The molecule has 0 amide bonds. The number of aliphatic imine (C=N–C) groups is 1. The Morgan fingerprint density at radius 2 is 2.17 bits per heavy atom. The smallest absolute Gasteiger partial charge is 0.191 e. The third kappa shape index (κ3) is 4.15. The summed E-state index contributed by atoms with van der Waals surface area (Å²) >= 11 is 5.16. The maximum absolute atomic E-state index is 13.2. The van der Waals surface area contributed by atoms with E-state index >= 15 is 0 Å². The van der Waals surface area contributed by atoms with Crippen molar-refractivity contribution in [1.82, 2.24) is 15.6 Å². The van der Waals surface area contributed by atoms with Crippen LogP contribution in [0.25, 0.3) is 10.9 Å². The first-order chi connectivity index (χ1) is 11.7. The molecule has 0 spiro atoms. The summed E-state index contributed by atoms with van der Waals surface area (Å²) in [5, 5.41) is 7.66. The van der Waals surface area contributed by atoms with Crippen LogP contribution in [0.15, 0.2) is 45.3 Å². The zero-order chi connectivity index (χ0) is 16.9. The van der Waals surface area contributed by atoms with Gasteiger partial charge >= 0.3 is 0 Å². The maximum Gasteiger partial charge on any atom is 0.191 e. The molecule has 24 heavy (non-hydrogen) atoms. The van der Waals surface area contributed by atoms with E-state index in [2.05, 4.69) is 42.6 Å². The minimum absolute atomic E-state index is 0.223. The summed E-state index contributed by atoms with van der Waals surface area (Å²) in [5.41, 5.74) is 1.99. The number of nitrogens with one attached hydrogen (secondary N) is 3. The normalized spacial score (nSPS) is 11.9. The van der Waals surface area contributed by atoms with E-state index in [0.717, 1.165) is 45.7 Å². The van der Waals surface area contributed by atoms with E-state index in [4.69, 9.17) is 0 Å². The van der Waals surface area contributed by atoms with Crippen LogP contribution in [0.4, 0.5) is 4.39 Å². The van der Waals surface area contributed by atoms with Gasteiger partial charge < -0.3 is 15.6 Å². The van der Waals surface area contributed by atoms with Crippen molar-refractivity contribution in [2.75, 3.05) is 13.6 Å². The standard InChI is InChI=1S/C17H18BrFN4S/c1-20-17(23-10-13-3-5-16(18)24-13)21-7-6-11-9-22-15-8-12(19)2-4-14(11)15/h2-5,8-9,22H,6-7,10H2,1H3,(H2,20,21,23). The predicted molar refractivity (Wildman–Crippen MR) is 102 cm³/mol. The lowest BCUT2D eigenvalue weighted by molar-refractivity contribution is 0.629. The van der Waals surface area contributed by atoms with Gasteiger partial charge in [-0.3, -0.25) is 4.99 Å². The molecule has 0 atom stereocenters. The van der Waals surface area contributed by atoms with Gasteiger partial charge in [0.2, 0.25) is 0 Å². The molecule has 0 aliphatic heterocycles. The molecule has 1 aromatic carbocycles. The SMILES string of the molecule is CN=C(NCCc1c[nH]c2cc(F)ccc12)NCc1ccc(Br)s1. The molecular weight excluding hydrogens is 391 g/mol. The molecule has 0 saturated carbocycles. The van der Waals surface area contributed by atoms with E-state index in [1.165, 1.54) is 17.0 Å². The van der Waals surface area contributed by atoms with Crippen molar-refractivity contribution >= 4 is 44.1 Å². The van der Waals surface area contributed by atoms with Gasteiger partial charge in [0, 0.05) is 35.6 Å². The van der Waals surface area contributed by atoms with Gasteiger partial charge in [0.05, 0.1) is 10.3 Å². The fraction of sp³-hybridized carbons (Fsp3) is 0.235. The van der Waals surface area contributed by atoms with Crippen LogP contribution in [-0.2, 0) is 13.0 Å². The summed E-state index contributed by atoms with van der Waals surface area (Å²) < 4.78 is 14.3. The van der Waals surface area contributed by atoms with Gasteiger partial charge in [-0.25, -0.2) is 4.39 Å². The third-order valence-electron chi connectivity index (χ3n) is 3.70. The fourth-order valence-corrected chi connectivity index (χ4v) is 3.94. The van der Waals surface area contributed by atoms with Crippen LogP contribution >= 0.6 is 27.3 Å². The molecule has 2 aromatic heterocycles. The van der Waals surface area contributed by atoms with Crippen molar-refractivity contribution in [2.45, 2.75) is 13.0 Å². The first kappa shape index (κ1) is 17.0. The lowest BCUT2D eigenvalue weighted by Gasteiger charge is -2.11. The molecule has 3 aromatic rings. The first-order valence-electron chi connectivity index (χ1n) is 7.60. The monoisotopic (exact) mass is 408 g/mol. The average molecular weight is 409 g/mol. The van der Waals surface area contributed by atoms with Crippen LogP contribution < -0.4 is 10.6 Å². The van der Waals surface area contributed by atoms with Gasteiger partial charge in [-0.1, -0.05) is 0 Å². The Balaban J connectivity index is 1.52. The van der Waals surface area contributed by atoms with Crippen molar-refractivity contribution < 1.29 is 4.39 Å². The average Bonchev–Trinajstić information content (AvgIpc) is 3.16. The summed E-state index contributed by atoms with van der Waals surface area (Å²) in [6, 6.07) is 8.95. The van der Waals surface area contributed by atoms with Crippen LogP contribution in [0.2, 0.25) is 0 Å². The zero-order valence-corrected chi connectivity index (χ0v) is 15.6. The number of aromatic amines is 1. The Labute approximate surface area is 152 Å². The number of halogens is 2. The van der Waals surface area contributed by atoms with E-state index in [9.17, 15) is 4.39 Å². The maximum atomic E-state index is 13.2. The summed E-state index contributed by atoms with van der Waals surface area (Å²) in [7, 11) is 1.76. The highest BCUT2D eigenvalue weighted by Crippen LogP contribution is 2.21. The molecule has 0 unspecified atom stereocenters. The number of aromatic nitrogens is 1. The molecule has 7 heteroatoms. The number of hydrogen-bond donors (Lipinski definition) is 3.